The first-order chi connectivity index (χ1) is 4.40. The Labute approximate surface area is 54.6 Å². The first-order valence-electron chi connectivity index (χ1n) is 3.61. The van der Waals surface area contributed by atoms with Gasteiger partial charge in [0.1, 0.15) is 0 Å². The van der Waals surface area contributed by atoms with Crippen LogP contribution >= 0.6 is 0 Å². The largest absolute Gasteiger partial charge is 0.411 e. The summed E-state index contributed by atoms with van der Waals surface area (Å²) in [5.41, 5.74) is 1.06. The summed E-state index contributed by atoms with van der Waals surface area (Å²) >= 11 is 0. The van der Waals surface area contributed by atoms with Crippen LogP contribution in [0.15, 0.2) is 5.16 Å². The van der Waals surface area contributed by atoms with Crippen molar-refractivity contribution in [2.75, 3.05) is 0 Å². The van der Waals surface area contributed by atoms with Crippen molar-refractivity contribution < 1.29 is 5.21 Å². The number of rotatable bonds is 0. The Kier molecular flexibility index (Phi) is 1.01. The number of nitrogens with zero attached hydrogens (tertiary/aromatic N) is 1. The summed E-state index contributed by atoms with van der Waals surface area (Å²) in [4.78, 5) is 0. The fourth-order valence-corrected chi connectivity index (χ4v) is 2.15. The highest BCUT2D eigenvalue weighted by Crippen LogP contribution is 2.42. The molecule has 0 radical (unpaired) electrons. The molecule has 50 valence electrons. The molecular weight excluding hydrogens is 114 g/mol. The van der Waals surface area contributed by atoms with Crippen molar-refractivity contribution in [2.45, 2.75) is 25.7 Å². The van der Waals surface area contributed by atoms with E-state index in [0.29, 0.717) is 5.92 Å². The Balaban J connectivity index is 2.18. The second-order valence-corrected chi connectivity index (χ2v) is 3.17. The fourth-order valence-electron chi connectivity index (χ4n) is 2.15. The molecule has 0 amide bonds. The molecule has 0 spiro atoms. The normalized spacial score (nSPS) is 44.7. The second kappa shape index (κ2) is 1.72. The third kappa shape index (κ3) is 0.655. The van der Waals surface area contributed by atoms with Gasteiger partial charge in [-0.2, -0.15) is 0 Å². The molecular formula is C7H11NO. The Morgan fingerprint density at radius 2 is 2.33 bits per heavy atom. The van der Waals surface area contributed by atoms with Gasteiger partial charge in [0.25, 0.3) is 0 Å². The van der Waals surface area contributed by atoms with Gasteiger partial charge in [-0.25, -0.2) is 0 Å². The van der Waals surface area contributed by atoms with E-state index in [-0.39, 0.29) is 0 Å². The van der Waals surface area contributed by atoms with Crippen LogP contribution in [0.4, 0.5) is 0 Å². The van der Waals surface area contributed by atoms with Crippen molar-refractivity contribution in [1.29, 1.82) is 0 Å². The Morgan fingerprint density at radius 3 is 2.67 bits per heavy atom. The molecule has 0 aliphatic heterocycles. The minimum Gasteiger partial charge on any atom is -0.411 e. The smallest absolute Gasteiger partial charge is 0.0604 e. The van der Waals surface area contributed by atoms with Gasteiger partial charge in [-0.15, -0.1) is 0 Å². The van der Waals surface area contributed by atoms with E-state index in [4.69, 9.17) is 5.21 Å². The van der Waals surface area contributed by atoms with Gasteiger partial charge in [-0.3, -0.25) is 0 Å². The highest BCUT2D eigenvalue weighted by Gasteiger charge is 2.36. The van der Waals surface area contributed by atoms with Gasteiger partial charge in [-0.1, -0.05) is 5.16 Å². The Hall–Kier alpha value is -0.530. The quantitative estimate of drug-likeness (QED) is 0.387. The van der Waals surface area contributed by atoms with E-state index in [1.807, 2.05) is 0 Å². The van der Waals surface area contributed by atoms with Crippen molar-refractivity contribution in [3.8, 4) is 0 Å². The molecule has 9 heavy (non-hydrogen) atoms. The van der Waals surface area contributed by atoms with Crippen LogP contribution in [0.25, 0.3) is 0 Å². The summed E-state index contributed by atoms with van der Waals surface area (Å²) in [5, 5.41) is 11.8. The van der Waals surface area contributed by atoms with E-state index in [1.165, 1.54) is 19.3 Å². The molecule has 2 nitrogen and oxygen atoms in total. The first-order valence-corrected chi connectivity index (χ1v) is 3.61. The maximum absolute atomic E-state index is 8.48. The standard InChI is InChI=1S/C7H11NO/c9-8-7-4-5-1-2-6(7)3-5/h5-6,9H,1-4H2/b8-7+. The molecule has 2 saturated carbocycles. The predicted molar refractivity (Wildman–Crippen MR) is 34.7 cm³/mol. The highest BCUT2D eigenvalue weighted by molar-refractivity contribution is 5.89. The zero-order chi connectivity index (χ0) is 6.27. The molecule has 2 fully saturated rings. The molecule has 0 aromatic carbocycles. The summed E-state index contributed by atoms with van der Waals surface area (Å²) in [6.45, 7) is 0. The highest BCUT2D eigenvalue weighted by atomic mass is 16.4. The zero-order valence-electron chi connectivity index (χ0n) is 5.38. The molecule has 2 rings (SSSR count). The summed E-state index contributed by atoms with van der Waals surface area (Å²) in [5.74, 6) is 1.51. The number of oxime groups is 1. The third-order valence-electron chi connectivity index (χ3n) is 2.64. The van der Waals surface area contributed by atoms with Gasteiger partial charge >= 0.3 is 0 Å². The minimum absolute atomic E-state index is 0.653. The van der Waals surface area contributed by atoms with Gasteiger partial charge in [-0.05, 0) is 31.6 Å². The molecule has 2 aliphatic carbocycles. The molecule has 0 aromatic heterocycles. The number of fused-ring (bicyclic) bond motifs is 2. The fraction of sp³-hybridized carbons (Fsp3) is 0.857. The van der Waals surface area contributed by atoms with Crippen molar-refractivity contribution in [1.82, 2.24) is 0 Å². The van der Waals surface area contributed by atoms with Gasteiger partial charge in [0, 0.05) is 5.92 Å². The van der Waals surface area contributed by atoms with Gasteiger partial charge in [0.05, 0.1) is 5.71 Å². The minimum atomic E-state index is 0.653. The predicted octanol–water partition coefficient (Wildman–Crippen LogP) is 1.64. The summed E-state index contributed by atoms with van der Waals surface area (Å²) in [6, 6.07) is 0. The van der Waals surface area contributed by atoms with Gasteiger partial charge in [0.2, 0.25) is 0 Å². The lowest BCUT2D eigenvalue weighted by Gasteiger charge is -2.08. The Morgan fingerprint density at radius 1 is 1.44 bits per heavy atom. The van der Waals surface area contributed by atoms with Crippen molar-refractivity contribution >= 4 is 5.71 Å². The van der Waals surface area contributed by atoms with Crippen LogP contribution in [0.1, 0.15) is 25.7 Å². The van der Waals surface area contributed by atoms with Crippen LogP contribution in [0.3, 0.4) is 0 Å². The second-order valence-electron chi connectivity index (χ2n) is 3.17. The SMILES string of the molecule is O/N=C1\CC2CCC1C2. The topological polar surface area (TPSA) is 32.6 Å². The molecule has 2 heteroatoms. The summed E-state index contributed by atoms with van der Waals surface area (Å²) in [7, 11) is 0. The molecule has 0 aromatic rings. The van der Waals surface area contributed by atoms with Crippen molar-refractivity contribution in [2.24, 2.45) is 17.0 Å². The van der Waals surface area contributed by atoms with E-state index < -0.39 is 0 Å². The van der Waals surface area contributed by atoms with Crippen LogP contribution < -0.4 is 0 Å². The summed E-state index contributed by atoms with van der Waals surface area (Å²) < 4.78 is 0. The van der Waals surface area contributed by atoms with Crippen LogP contribution in [0, 0.1) is 11.8 Å². The summed E-state index contributed by atoms with van der Waals surface area (Å²) in [6.07, 6.45) is 4.99. The van der Waals surface area contributed by atoms with E-state index in [1.54, 1.807) is 0 Å². The monoisotopic (exact) mass is 125 g/mol. The number of hydrogen-bond acceptors (Lipinski definition) is 2. The average molecular weight is 125 g/mol. The van der Waals surface area contributed by atoms with Crippen LogP contribution in [-0.2, 0) is 0 Å². The van der Waals surface area contributed by atoms with E-state index in [2.05, 4.69) is 5.16 Å². The molecule has 2 atom stereocenters. The lowest BCUT2D eigenvalue weighted by Crippen LogP contribution is -2.08. The molecule has 0 heterocycles. The van der Waals surface area contributed by atoms with E-state index in [9.17, 15) is 0 Å². The molecule has 0 saturated heterocycles. The van der Waals surface area contributed by atoms with E-state index >= 15 is 0 Å². The van der Waals surface area contributed by atoms with E-state index in [0.717, 1.165) is 18.1 Å². The van der Waals surface area contributed by atoms with Gasteiger partial charge < -0.3 is 5.21 Å². The zero-order valence-corrected chi connectivity index (χ0v) is 5.38. The molecule has 2 aliphatic rings. The lowest BCUT2D eigenvalue weighted by atomic mass is 9.99. The number of hydrogen-bond donors (Lipinski definition) is 1. The molecule has 2 unspecified atom stereocenters. The molecule has 1 N–H and O–H groups in total. The average Bonchev–Trinajstić information content (AvgIpc) is 2.45. The van der Waals surface area contributed by atoms with Crippen LogP contribution in [-0.4, -0.2) is 10.9 Å². The lowest BCUT2D eigenvalue weighted by molar-refractivity contribution is 0.313. The molecule has 2 bridgehead atoms. The van der Waals surface area contributed by atoms with Crippen molar-refractivity contribution in [3.05, 3.63) is 0 Å². The van der Waals surface area contributed by atoms with Crippen LogP contribution in [0.2, 0.25) is 0 Å². The van der Waals surface area contributed by atoms with Crippen molar-refractivity contribution in [3.63, 3.8) is 0 Å². The first kappa shape index (κ1) is 5.27. The third-order valence-corrected chi connectivity index (χ3v) is 2.64. The maximum atomic E-state index is 8.48. The Bertz CT molecular complexity index is 153. The van der Waals surface area contributed by atoms with Crippen LogP contribution in [0.5, 0.6) is 0 Å². The van der Waals surface area contributed by atoms with Gasteiger partial charge in [0.15, 0.2) is 0 Å². The maximum Gasteiger partial charge on any atom is 0.0604 e.